The van der Waals surface area contributed by atoms with Crippen LogP contribution in [-0.2, 0) is 0 Å². The van der Waals surface area contributed by atoms with Gasteiger partial charge in [0.2, 0.25) is 0 Å². The topological polar surface area (TPSA) is 62.2 Å². The molecule has 0 radical (unpaired) electrons. The highest BCUT2D eigenvalue weighted by Crippen LogP contribution is 1.98. The SMILES string of the molecule is N=Cc1ccc(/C=N/N)cc1. The molecule has 0 aliphatic heterocycles. The quantitative estimate of drug-likeness (QED) is 0.365. The molecule has 1 aromatic rings. The fourth-order valence-corrected chi connectivity index (χ4v) is 0.764. The van der Waals surface area contributed by atoms with Crippen molar-refractivity contribution in [3.05, 3.63) is 35.4 Å². The second-order valence-electron chi connectivity index (χ2n) is 2.09. The minimum atomic E-state index is 0.874. The number of nitrogens with zero attached hydrogens (tertiary/aromatic N) is 1. The average Bonchev–Trinajstić information content (AvgIpc) is 2.07. The number of nitrogens with one attached hydrogen (secondary N) is 1. The van der Waals surface area contributed by atoms with E-state index in [2.05, 4.69) is 5.10 Å². The van der Waals surface area contributed by atoms with E-state index in [0.717, 1.165) is 11.1 Å². The van der Waals surface area contributed by atoms with Crippen LogP contribution in [0, 0.1) is 5.41 Å². The van der Waals surface area contributed by atoms with Crippen LogP contribution in [0.3, 0.4) is 0 Å². The Kier molecular flexibility index (Phi) is 2.38. The molecule has 0 amide bonds. The summed E-state index contributed by atoms with van der Waals surface area (Å²) in [6, 6.07) is 7.39. The van der Waals surface area contributed by atoms with Gasteiger partial charge in [-0.05, 0) is 11.1 Å². The maximum Gasteiger partial charge on any atom is 0.0538 e. The van der Waals surface area contributed by atoms with E-state index in [4.69, 9.17) is 11.3 Å². The van der Waals surface area contributed by atoms with Crippen LogP contribution < -0.4 is 5.84 Å². The lowest BCUT2D eigenvalue weighted by Gasteiger charge is -1.92. The molecular formula is C8H9N3. The first-order valence-electron chi connectivity index (χ1n) is 3.20. The molecule has 0 fully saturated rings. The van der Waals surface area contributed by atoms with E-state index >= 15 is 0 Å². The molecule has 1 aromatic carbocycles. The Morgan fingerprint density at radius 1 is 1.18 bits per heavy atom. The van der Waals surface area contributed by atoms with Gasteiger partial charge in [-0.1, -0.05) is 24.3 Å². The smallest absolute Gasteiger partial charge is 0.0538 e. The van der Waals surface area contributed by atoms with Crippen molar-refractivity contribution >= 4 is 12.4 Å². The molecule has 0 spiro atoms. The number of nitrogens with two attached hydrogens (primary N) is 1. The Morgan fingerprint density at radius 3 is 2.18 bits per heavy atom. The van der Waals surface area contributed by atoms with Gasteiger partial charge in [0.05, 0.1) is 6.21 Å². The van der Waals surface area contributed by atoms with Crippen LogP contribution in [0.4, 0.5) is 0 Å². The van der Waals surface area contributed by atoms with Gasteiger partial charge in [0.25, 0.3) is 0 Å². The molecule has 0 aliphatic rings. The normalized spacial score (nSPS) is 10.2. The Bertz CT molecular complexity index is 261. The molecule has 0 heterocycles. The standard InChI is InChI=1S/C8H9N3/c9-5-7-1-3-8(4-2-7)6-11-10/h1-6,9H,10H2/b9-5?,11-6+. The summed E-state index contributed by atoms with van der Waals surface area (Å²) in [6.07, 6.45) is 2.86. The van der Waals surface area contributed by atoms with Crippen LogP contribution >= 0.6 is 0 Å². The van der Waals surface area contributed by atoms with Crippen LogP contribution in [0.5, 0.6) is 0 Å². The van der Waals surface area contributed by atoms with Crippen LogP contribution in [-0.4, -0.2) is 12.4 Å². The minimum Gasteiger partial charge on any atom is -0.323 e. The van der Waals surface area contributed by atoms with Gasteiger partial charge in [-0.25, -0.2) is 0 Å². The molecule has 56 valence electrons. The Morgan fingerprint density at radius 2 is 1.73 bits per heavy atom. The van der Waals surface area contributed by atoms with Crippen molar-refractivity contribution < 1.29 is 0 Å². The van der Waals surface area contributed by atoms with E-state index in [1.807, 2.05) is 24.3 Å². The summed E-state index contributed by atoms with van der Waals surface area (Å²) < 4.78 is 0. The van der Waals surface area contributed by atoms with Crippen molar-refractivity contribution in [3.63, 3.8) is 0 Å². The number of benzene rings is 1. The first kappa shape index (κ1) is 7.47. The second kappa shape index (κ2) is 3.51. The fourth-order valence-electron chi connectivity index (χ4n) is 0.764. The zero-order chi connectivity index (χ0) is 8.10. The summed E-state index contributed by atoms with van der Waals surface area (Å²) in [4.78, 5) is 0. The third kappa shape index (κ3) is 1.89. The lowest BCUT2D eigenvalue weighted by atomic mass is 10.2. The van der Waals surface area contributed by atoms with Crippen LogP contribution in [0.25, 0.3) is 0 Å². The van der Waals surface area contributed by atoms with Gasteiger partial charge < -0.3 is 11.3 Å². The van der Waals surface area contributed by atoms with Gasteiger partial charge in [-0.15, -0.1) is 0 Å². The van der Waals surface area contributed by atoms with Crippen LogP contribution in [0.15, 0.2) is 29.4 Å². The molecule has 11 heavy (non-hydrogen) atoms. The molecule has 3 N–H and O–H groups in total. The predicted molar refractivity (Wildman–Crippen MR) is 46.1 cm³/mol. The van der Waals surface area contributed by atoms with Gasteiger partial charge >= 0.3 is 0 Å². The van der Waals surface area contributed by atoms with E-state index in [0.29, 0.717) is 0 Å². The maximum absolute atomic E-state index is 6.93. The molecule has 0 aromatic heterocycles. The minimum absolute atomic E-state index is 0.874. The summed E-state index contributed by atoms with van der Waals surface area (Å²) in [5.41, 5.74) is 1.82. The Balaban J connectivity index is 2.91. The lowest BCUT2D eigenvalue weighted by Crippen LogP contribution is -1.86. The number of hydrogen-bond acceptors (Lipinski definition) is 3. The number of rotatable bonds is 2. The lowest BCUT2D eigenvalue weighted by molar-refractivity contribution is 1.26. The van der Waals surface area contributed by atoms with Crippen molar-refractivity contribution in [2.75, 3.05) is 0 Å². The molecule has 0 saturated carbocycles. The van der Waals surface area contributed by atoms with Crippen molar-refractivity contribution in [2.24, 2.45) is 10.9 Å². The molecule has 0 saturated heterocycles. The van der Waals surface area contributed by atoms with Gasteiger partial charge in [-0.3, -0.25) is 0 Å². The second-order valence-corrected chi connectivity index (χ2v) is 2.09. The Labute approximate surface area is 65.1 Å². The van der Waals surface area contributed by atoms with Crippen molar-refractivity contribution in [1.29, 1.82) is 5.41 Å². The monoisotopic (exact) mass is 147 g/mol. The summed E-state index contributed by atoms with van der Waals surface area (Å²) in [5, 5.41) is 10.3. The summed E-state index contributed by atoms with van der Waals surface area (Å²) >= 11 is 0. The van der Waals surface area contributed by atoms with Crippen LogP contribution in [0.1, 0.15) is 11.1 Å². The first-order valence-corrected chi connectivity index (χ1v) is 3.20. The largest absolute Gasteiger partial charge is 0.323 e. The van der Waals surface area contributed by atoms with Crippen molar-refractivity contribution in [2.45, 2.75) is 0 Å². The molecule has 0 bridgehead atoms. The molecule has 0 aliphatic carbocycles. The van der Waals surface area contributed by atoms with E-state index < -0.39 is 0 Å². The van der Waals surface area contributed by atoms with Gasteiger partial charge in [0.15, 0.2) is 0 Å². The maximum atomic E-state index is 6.93. The average molecular weight is 147 g/mol. The third-order valence-corrected chi connectivity index (χ3v) is 1.33. The van der Waals surface area contributed by atoms with Gasteiger partial charge in [-0.2, -0.15) is 5.10 Å². The highest BCUT2D eigenvalue weighted by Gasteiger charge is 1.86. The fraction of sp³-hybridized carbons (Fsp3) is 0. The zero-order valence-electron chi connectivity index (χ0n) is 5.99. The molecular weight excluding hydrogens is 138 g/mol. The number of hydrogen-bond donors (Lipinski definition) is 2. The first-order chi connectivity index (χ1) is 5.36. The Hall–Kier alpha value is -1.64. The molecule has 0 atom stereocenters. The molecule has 1 rings (SSSR count). The number of hydrazone groups is 1. The highest BCUT2D eigenvalue weighted by atomic mass is 15.1. The summed E-state index contributed by atoms with van der Waals surface area (Å²) in [5.74, 6) is 4.96. The van der Waals surface area contributed by atoms with E-state index in [1.165, 1.54) is 6.21 Å². The molecule has 3 nitrogen and oxygen atoms in total. The summed E-state index contributed by atoms with van der Waals surface area (Å²) in [7, 11) is 0. The van der Waals surface area contributed by atoms with E-state index in [-0.39, 0.29) is 0 Å². The predicted octanol–water partition coefficient (Wildman–Crippen LogP) is 0.977. The van der Waals surface area contributed by atoms with Crippen LogP contribution in [0.2, 0.25) is 0 Å². The molecule has 3 heteroatoms. The third-order valence-electron chi connectivity index (χ3n) is 1.33. The van der Waals surface area contributed by atoms with Gasteiger partial charge in [0.1, 0.15) is 0 Å². The summed E-state index contributed by atoms with van der Waals surface area (Å²) in [6.45, 7) is 0. The highest BCUT2D eigenvalue weighted by molar-refractivity contribution is 5.82. The molecule has 0 unspecified atom stereocenters. The van der Waals surface area contributed by atoms with E-state index in [1.54, 1.807) is 6.21 Å². The van der Waals surface area contributed by atoms with Crippen molar-refractivity contribution in [3.8, 4) is 0 Å². The van der Waals surface area contributed by atoms with E-state index in [9.17, 15) is 0 Å². The van der Waals surface area contributed by atoms with Crippen molar-refractivity contribution in [1.82, 2.24) is 0 Å². The zero-order valence-corrected chi connectivity index (χ0v) is 5.99. The van der Waals surface area contributed by atoms with Gasteiger partial charge in [0, 0.05) is 6.21 Å².